The highest BCUT2D eigenvalue weighted by Crippen LogP contribution is 2.30. The maximum absolute atomic E-state index is 6.13. The van der Waals surface area contributed by atoms with Crippen molar-refractivity contribution in [3.05, 3.63) is 23.8 Å². The van der Waals surface area contributed by atoms with Gasteiger partial charge in [-0.3, -0.25) is 4.90 Å². The average Bonchev–Trinajstić information content (AvgIpc) is 2.57. The molecule has 122 valence electrons. The van der Waals surface area contributed by atoms with E-state index in [4.69, 9.17) is 14.2 Å². The topological polar surface area (TPSA) is 43.0 Å². The van der Waals surface area contributed by atoms with Gasteiger partial charge in [0.05, 0.1) is 13.7 Å². The number of nitrogens with one attached hydrogen (secondary N) is 1. The van der Waals surface area contributed by atoms with E-state index in [-0.39, 0.29) is 6.10 Å². The van der Waals surface area contributed by atoms with E-state index in [9.17, 15) is 0 Å². The fourth-order valence-electron chi connectivity index (χ4n) is 3.02. The van der Waals surface area contributed by atoms with Gasteiger partial charge in [-0.05, 0) is 30.5 Å². The highest BCUT2D eigenvalue weighted by atomic mass is 16.5. The molecule has 0 bridgehead atoms. The van der Waals surface area contributed by atoms with Gasteiger partial charge in [0.2, 0.25) is 0 Å². The van der Waals surface area contributed by atoms with Crippen LogP contribution < -0.4 is 14.8 Å². The first kappa shape index (κ1) is 15.6. The average molecular weight is 306 g/mol. The van der Waals surface area contributed by atoms with Crippen LogP contribution in [-0.4, -0.2) is 57.5 Å². The van der Waals surface area contributed by atoms with E-state index in [0.717, 1.165) is 63.7 Å². The molecule has 1 aromatic rings. The van der Waals surface area contributed by atoms with Gasteiger partial charge in [0.15, 0.2) is 11.5 Å². The summed E-state index contributed by atoms with van der Waals surface area (Å²) in [5.41, 5.74) is 1.27. The lowest BCUT2D eigenvalue weighted by molar-refractivity contribution is 0.00638. The molecule has 2 aliphatic rings. The standard InChI is InChI=1S/C17H26N2O3/c1-20-16-5-4-14(12-19-8-6-18-7-9-19)11-17(16)22-15-3-2-10-21-13-15/h4-5,11,15,18H,2-3,6-10,12-13H2,1H3. The normalized spacial score (nSPS) is 23.2. The van der Waals surface area contributed by atoms with Gasteiger partial charge in [-0.15, -0.1) is 0 Å². The minimum Gasteiger partial charge on any atom is -0.493 e. The Balaban J connectivity index is 1.67. The number of methoxy groups -OCH3 is 1. The highest BCUT2D eigenvalue weighted by molar-refractivity contribution is 5.43. The molecule has 3 rings (SSSR count). The molecular formula is C17H26N2O3. The van der Waals surface area contributed by atoms with E-state index in [1.54, 1.807) is 7.11 Å². The van der Waals surface area contributed by atoms with Crippen LogP contribution in [0.25, 0.3) is 0 Å². The molecule has 2 heterocycles. The lowest BCUT2D eigenvalue weighted by Gasteiger charge is -2.28. The van der Waals surface area contributed by atoms with Crippen molar-refractivity contribution in [1.29, 1.82) is 0 Å². The summed E-state index contributed by atoms with van der Waals surface area (Å²) >= 11 is 0. The van der Waals surface area contributed by atoms with Crippen molar-refractivity contribution >= 4 is 0 Å². The van der Waals surface area contributed by atoms with Crippen molar-refractivity contribution < 1.29 is 14.2 Å². The lowest BCUT2D eigenvalue weighted by atomic mass is 10.1. The number of hydrogen-bond acceptors (Lipinski definition) is 5. The second kappa shape index (κ2) is 7.81. The number of ether oxygens (including phenoxy) is 3. The molecular weight excluding hydrogens is 280 g/mol. The van der Waals surface area contributed by atoms with Crippen LogP contribution >= 0.6 is 0 Å². The van der Waals surface area contributed by atoms with Crippen molar-refractivity contribution in [3.63, 3.8) is 0 Å². The molecule has 0 spiro atoms. The Kier molecular flexibility index (Phi) is 5.53. The summed E-state index contributed by atoms with van der Waals surface area (Å²) < 4.78 is 17.1. The van der Waals surface area contributed by atoms with Crippen LogP contribution in [0.3, 0.4) is 0 Å². The summed E-state index contributed by atoms with van der Waals surface area (Å²) in [7, 11) is 1.69. The Bertz CT molecular complexity index is 469. The number of benzene rings is 1. The summed E-state index contributed by atoms with van der Waals surface area (Å²) in [6, 6.07) is 6.26. The van der Waals surface area contributed by atoms with Crippen LogP contribution in [0, 0.1) is 0 Å². The van der Waals surface area contributed by atoms with Gasteiger partial charge in [-0.1, -0.05) is 6.07 Å². The van der Waals surface area contributed by atoms with Crippen molar-refractivity contribution in [1.82, 2.24) is 10.2 Å². The quantitative estimate of drug-likeness (QED) is 0.896. The Labute approximate surface area is 132 Å². The van der Waals surface area contributed by atoms with Crippen LogP contribution in [0.15, 0.2) is 18.2 Å². The van der Waals surface area contributed by atoms with Gasteiger partial charge in [0.25, 0.3) is 0 Å². The van der Waals surface area contributed by atoms with Crippen molar-refractivity contribution in [2.45, 2.75) is 25.5 Å². The number of hydrogen-bond donors (Lipinski definition) is 1. The molecule has 0 saturated carbocycles. The van der Waals surface area contributed by atoms with Crippen LogP contribution in [0.2, 0.25) is 0 Å². The predicted molar refractivity (Wildman–Crippen MR) is 85.6 cm³/mol. The third-order valence-corrected chi connectivity index (χ3v) is 4.26. The SMILES string of the molecule is COc1ccc(CN2CCNCC2)cc1OC1CCCOC1. The maximum Gasteiger partial charge on any atom is 0.162 e. The molecule has 5 heteroatoms. The van der Waals surface area contributed by atoms with Crippen molar-refractivity contribution in [3.8, 4) is 11.5 Å². The molecule has 5 nitrogen and oxygen atoms in total. The van der Waals surface area contributed by atoms with Gasteiger partial charge < -0.3 is 19.5 Å². The molecule has 1 N–H and O–H groups in total. The molecule has 2 fully saturated rings. The third kappa shape index (κ3) is 4.12. The van der Waals surface area contributed by atoms with E-state index in [1.165, 1.54) is 5.56 Å². The fraction of sp³-hybridized carbons (Fsp3) is 0.647. The molecule has 0 aliphatic carbocycles. The summed E-state index contributed by atoms with van der Waals surface area (Å²) in [6.45, 7) is 6.81. The lowest BCUT2D eigenvalue weighted by Crippen LogP contribution is -2.42. The smallest absolute Gasteiger partial charge is 0.162 e. The summed E-state index contributed by atoms with van der Waals surface area (Å²) in [5, 5.41) is 3.38. The predicted octanol–water partition coefficient (Wildman–Crippen LogP) is 1.66. The first-order chi connectivity index (χ1) is 10.8. The zero-order chi connectivity index (χ0) is 15.2. The zero-order valence-corrected chi connectivity index (χ0v) is 13.3. The molecule has 22 heavy (non-hydrogen) atoms. The second-order valence-electron chi connectivity index (χ2n) is 5.97. The fourth-order valence-corrected chi connectivity index (χ4v) is 3.02. The van der Waals surface area contributed by atoms with Crippen molar-refractivity contribution in [2.75, 3.05) is 46.5 Å². The van der Waals surface area contributed by atoms with E-state index in [0.29, 0.717) is 6.61 Å². The van der Waals surface area contributed by atoms with Gasteiger partial charge in [0, 0.05) is 39.3 Å². The first-order valence-corrected chi connectivity index (χ1v) is 8.19. The molecule has 1 unspecified atom stereocenters. The number of piperazine rings is 1. The van der Waals surface area contributed by atoms with E-state index < -0.39 is 0 Å². The first-order valence-electron chi connectivity index (χ1n) is 8.19. The van der Waals surface area contributed by atoms with Gasteiger partial charge in [0.1, 0.15) is 6.10 Å². The van der Waals surface area contributed by atoms with Gasteiger partial charge in [-0.2, -0.15) is 0 Å². The van der Waals surface area contributed by atoms with Crippen LogP contribution in [0.5, 0.6) is 11.5 Å². The molecule has 0 amide bonds. The molecule has 0 radical (unpaired) electrons. The number of nitrogens with zero attached hydrogens (tertiary/aromatic N) is 1. The van der Waals surface area contributed by atoms with Crippen LogP contribution in [-0.2, 0) is 11.3 Å². The Morgan fingerprint density at radius 3 is 2.86 bits per heavy atom. The molecule has 1 aromatic carbocycles. The summed E-state index contributed by atoms with van der Waals surface area (Å²) in [4.78, 5) is 2.46. The Morgan fingerprint density at radius 2 is 2.14 bits per heavy atom. The second-order valence-corrected chi connectivity index (χ2v) is 5.97. The van der Waals surface area contributed by atoms with E-state index in [1.807, 2.05) is 6.07 Å². The monoisotopic (exact) mass is 306 g/mol. The minimum atomic E-state index is 0.136. The minimum absolute atomic E-state index is 0.136. The summed E-state index contributed by atoms with van der Waals surface area (Å²) in [5.74, 6) is 1.64. The highest BCUT2D eigenvalue weighted by Gasteiger charge is 2.18. The van der Waals surface area contributed by atoms with Gasteiger partial charge in [-0.25, -0.2) is 0 Å². The molecule has 2 aliphatic heterocycles. The van der Waals surface area contributed by atoms with Crippen LogP contribution in [0.4, 0.5) is 0 Å². The van der Waals surface area contributed by atoms with E-state index >= 15 is 0 Å². The maximum atomic E-state index is 6.13. The summed E-state index contributed by atoms with van der Waals surface area (Å²) in [6.07, 6.45) is 2.25. The third-order valence-electron chi connectivity index (χ3n) is 4.26. The molecule has 0 aromatic heterocycles. The molecule has 2 saturated heterocycles. The molecule has 1 atom stereocenters. The zero-order valence-electron chi connectivity index (χ0n) is 13.3. The Morgan fingerprint density at radius 1 is 1.27 bits per heavy atom. The van der Waals surface area contributed by atoms with Crippen molar-refractivity contribution in [2.24, 2.45) is 0 Å². The van der Waals surface area contributed by atoms with E-state index in [2.05, 4.69) is 22.3 Å². The Hall–Kier alpha value is -1.30. The largest absolute Gasteiger partial charge is 0.493 e. The number of rotatable bonds is 5. The van der Waals surface area contributed by atoms with Crippen LogP contribution in [0.1, 0.15) is 18.4 Å². The van der Waals surface area contributed by atoms with Gasteiger partial charge >= 0.3 is 0 Å².